The minimum Gasteiger partial charge on any atom is -0.394 e. The second-order valence-corrected chi connectivity index (χ2v) is 5.51. The highest BCUT2D eigenvalue weighted by molar-refractivity contribution is 4.96. The fourth-order valence-corrected chi connectivity index (χ4v) is 2.47. The normalized spacial score (nSPS) is 38.4. The van der Waals surface area contributed by atoms with Gasteiger partial charge in [0.15, 0.2) is 12.1 Å². The zero-order valence-corrected chi connectivity index (χ0v) is 11.7. The minimum absolute atomic E-state index is 0.363. The SMILES string of the molecule is CCCCOC1C2OC(C)(C)O[C@@H]2O[C@@H]1C(O)CO. The highest BCUT2D eigenvalue weighted by Gasteiger charge is 2.56. The summed E-state index contributed by atoms with van der Waals surface area (Å²) < 4.78 is 22.8. The number of aliphatic hydroxyl groups is 2. The molecule has 2 fully saturated rings. The molecule has 0 aromatic heterocycles. The van der Waals surface area contributed by atoms with Gasteiger partial charge in [0.1, 0.15) is 24.4 Å². The van der Waals surface area contributed by atoms with Gasteiger partial charge in [0.2, 0.25) is 0 Å². The van der Waals surface area contributed by atoms with E-state index in [4.69, 9.17) is 24.1 Å². The van der Waals surface area contributed by atoms with Crippen molar-refractivity contribution in [3.63, 3.8) is 0 Å². The summed E-state index contributed by atoms with van der Waals surface area (Å²) in [5.41, 5.74) is 0. The zero-order chi connectivity index (χ0) is 14.0. The summed E-state index contributed by atoms with van der Waals surface area (Å²) in [7, 11) is 0. The Bertz CT molecular complexity index is 295. The zero-order valence-electron chi connectivity index (χ0n) is 11.7. The van der Waals surface area contributed by atoms with Gasteiger partial charge < -0.3 is 29.2 Å². The molecule has 0 aromatic carbocycles. The molecule has 0 spiro atoms. The average Bonchev–Trinajstić information content (AvgIpc) is 2.82. The first-order valence-electron chi connectivity index (χ1n) is 6.90. The number of fused-ring (bicyclic) bond motifs is 1. The molecule has 2 aliphatic rings. The number of rotatable bonds is 6. The predicted octanol–water partition coefficient (Wildman–Crippen LogP) is 0.401. The van der Waals surface area contributed by atoms with E-state index in [2.05, 4.69) is 6.92 Å². The monoisotopic (exact) mass is 276 g/mol. The molecule has 0 radical (unpaired) electrons. The van der Waals surface area contributed by atoms with Crippen molar-refractivity contribution in [2.75, 3.05) is 13.2 Å². The minimum atomic E-state index is -0.993. The van der Waals surface area contributed by atoms with Crippen LogP contribution in [0.4, 0.5) is 0 Å². The molecular formula is C13H24O6. The van der Waals surface area contributed by atoms with Crippen LogP contribution < -0.4 is 0 Å². The molecule has 0 amide bonds. The maximum absolute atomic E-state index is 9.80. The quantitative estimate of drug-likeness (QED) is 0.684. The van der Waals surface area contributed by atoms with Crippen molar-refractivity contribution in [3.05, 3.63) is 0 Å². The van der Waals surface area contributed by atoms with Gasteiger partial charge in [-0.25, -0.2) is 0 Å². The number of hydrogen-bond acceptors (Lipinski definition) is 6. The van der Waals surface area contributed by atoms with Crippen LogP contribution in [-0.4, -0.2) is 59.9 Å². The van der Waals surface area contributed by atoms with Gasteiger partial charge in [-0.05, 0) is 20.3 Å². The van der Waals surface area contributed by atoms with Crippen molar-refractivity contribution in [2.45, 2.75) is 70.1 Å². The van der Waals surface area contributed by atoms with E-state index in [9.17, 15) is 5.11 Å². The smallest absolute Gasteiger partial charge is 0.190 e. The van der Waals surface area contributed by atoms with E-state index in [1.807, 2.05) is 13.8 Å². The van der Waals surface area contributed by atoms with Gasteiger partial charge in [0, 0.05) is 6.61 Å². The number of hydrogen-bond donors (Lipinski definition) is 2. The molecule has 2 saturated heterocycles. The largest absolute Gasteiger partial charge is 0.394 e. The number of unbranched alkanes of at least 4 members (excludes halogenated alkanes) is 1. The van der Waals surface area contributed by atoms with Crippen molar-refractivity contribution in [2.24, 2.45) is 0 Å². The van der Waals surface area contributed by atoms with Crippen LogP contribution >= 0.6 is 0 Å². The Morgan fingerprint density at radius 3 is 2.68 bits per heavy atom. The third-order valence-corrected chi connectivity index (χ3v) is 3.40. The Morgan fingerprint density at radius 1 is 1.32 bits per heavy atom. The Labute approximate surface area is 113 Å². The number of aliphatic hydroxyl groups excluding tert-OH is 2. The van der Waals surface area contributed by atoms with Crippen LogP contribution in [0, 0.1) is 0 Å². The van der Waals surface area contributed by atoms with Crippen LogP contribution in [0.25, 0.3) is 0 Å². The van der Waals surface area contributed by atoms with E-state index in [1.165, 1.54) is 0 Å². The summed E-state index contributed by atoms with van der Waals surface area (Å²) in [6, 6.07) is 0. The lowest BCUT2D eigenvalue weighted by Gasteiger charge is -2.27. The molecule has 19 heavy (non-hydrogen) atoms. The summed E-state index contributed by atoms with van der Waals surface area (Å²) in [5, 5.41) is 18.9. The van der Waals surface area contributed by atoms with Crippen LogP contribution in [0.5, 0.6) is 0 Å². The second-order valence-electron chi connectivity index (χ2n) is 5.51. The summed E-state index contributed by atoms with van der Waals surface area (Å²) in [6.45, 7) is 5.91. The molecule has 2 aliphatic heterocycles. The molecule has 2 N–H and O–H groups in total. The first kappa shape index (κ1) is 15.2. The van der Waals surface area contributed by atoms with Crippen molar-refractivity contribution in [3.8, 4) is 0 Å². The van der Waals surface area contributed by atoms with Gasteiger partial charge in [-0.1, -0.05) is 13.3 Å². The van der Waals surface area contributed by atoms with Gasteiger partial charge in [0.25, 0.3) is 0 Å². The lowest BCUT2D eigenvalue weighted by molar-refractivity contribution is -0.231. The fourth-order valence-electron chi connectivity index (χ4n) is 2.47. The Hall–Kier alpha value is -0.240. The van der Waals surface area contributed by atoms with Gasteiger partial charge in [-0.3, -0.25) is 0 Å². The van der Waals surface area contributed by atoms with Crippen LogP contribution in [0.3, 0.4) is 0 Å². The lowest BCUT2D eigenvalue weighted by Crippen LogP contribution is -2.44. The molecule has 0 saturated carbocycles. The van der Waals surface area contributed by atoms with Crippen LogP contribution in [0.1, 0.15) is 33.6 Å². The fraction of sp³-hybridized carbons (Fsp3) is 1.00. The van der Waals surface area contributed by atoms with Crippen molar-refractivity contribution in [1.29, 1.82) is 0 Å². The maximum atomic E-state index is 9.80. The van der Waals surface area contributed by atoms with Crippen LogP contribution in [0.15, 0.2) is 0 Å². The maximum Gasteiger partial charge on any atom is 0.190 e. The van der Waals surface area contributed by atoms with Crippen LogP contribution in [0.2, 0.25) is 0 Å². The molecular weight excluding hydrogens is 252 g/mol. The first-order chi connectivity index (χ1) is 8.98. The number of ether oxygens (including phenoxy) is 4. The molecule has 6 heteroatoms. The predicted molar refractivity (Wildman–Crippen MR) is 66.4 cm³/mol. The third kappa shape index (κ3) is 3.26. The summed E-state index contributed by atoms with van der Waals surface area (Å²) >= 11 is 0. The van der Waals surface area contributed by atoms with E-state index in [-0.39, 0.29) is 12.7 Å². The summed E-state index contributed by atoms with van der Waals surface area (Å²) in [5.74, 6) is -0.711. The van der Waals surface area contributed by atoms with Gasteiger partial charge in [-0.15, -0.1) is 0 Å². The third-order valence-electron chi connectivity index (χ3n) is 3.40. The molecule has 2 heterocycles. The van der Waals surface area contributed by atoms with E-state index in [0.29, 0.717) is 6.61 Å². The Morgan fingerprint density at radius 2 is 2.05 bits per heavy atom. The Balaban J connectivity index is 2.02. The lowest BCUT2D eigenvalue weighted by atomic mass is 10.1. The highest BCUT2D eigenvalue weighted by atomic mass is 16.8. The van der Waals surface area contributed by atoms with Gasteiger partial charge in [0.05, 0.1) is 6.61 Å². The molecule has 2 rings (SSSR count). The Kier molecular flexibility index (Phi) is 4.81. The molecule has 112 valence electrons. The van der Waals surface area contributed by atoms with E-state index < -0.39 is 30.4 Å². The molecule has 0 aliphatic carbocycles. The average molecular weight is 276 g/mol. The molecule has 6 nitrogen and oxygen atoms in total. The molecule has 0 aromatic rings. The van der Waals surface area contributed by atoms with Gasteiger partial charge in [-0.2, -0.15) is 0 Å². The van der Waals surface area contributed by atoms with E-state index >= 15 is 0 Å². The van der Waals surface area contributed by atoms with Crippen molar-refractivity contribution in [1.82, 2.24) is 0 Å². The standard InChI is InChI=1S/C13H24O6/c1-4-5-6-16-10-9(8(15)7-14)17-12-11(10)18-13(2,3)19-12/h8-12,14-15H,4-7H2,1-3H3/t8?,9-,10?,11?,12+/m1/s1. The summed E-state index contributed by atoms with van der Waals surface area (Å²) in [6.07, 6.45) is -0.982. The summed E-state index contributed by atoms with van der Waals surface area (Å²) in [4.78, 5) is 0. The van der Waals surface area contributed by atoms with Crippen molar-refractivity contribution < 1.29 is 29.2 Å². The molecule has 5 atom stereocenters. The van der Waals surface area contributed by atoms with E-state index in [0.717, 1.165) is 12.8 Å². The highest BCUT2D eigenvalue weighted by Crippen LogP contribution is 2.39. The van der Waals surface area contributed by atoms with Gasteiger partial charge >= 0.3 is 0 Å². The van der Waals surface area contributed by atoms with Crippen molar-refractivity contribution >= 4 is 0 Å². The molecule has 3 unspecified atom stereocenters. The first-order valence-corrected chi connectivity index (χ1v) is 6.90. The van der Waals surface area contributed by atoms with E-state index in [1.54, 1.807) is 0 Å². The topological polar surface area (TPSA) is 77.4 Å². The molecule has 0 bridgehead atoms. The second kappa shape index (κ2) is 6.03. The van der Waals surface area contributed by atoms with Crippen LogP contribution in [-0.2, 0) is 18.9 Å².